The van der Waals surface area contributed by atoms with Gasteiger partial charge in [-0.2, -0.15) is 5.10 Å². The lowest BCUT2D eigenvalue weighted by molar-refractivity contribution is 0.0999. The van der Waals surface area contributed by atoms with Crippen LogP contribution in [0.3, 0.4) is 0 Å². The molecule has 0 bridgehead atoms. The van der Waals surface area contributed by atoms with Crippen molar-refractivity contribution in [3.05, 3.63) is 17.5 Å². The maximum Gasteiger partial charge on any atom is 0.252 e. The lowest BCUT2D eigenvalue weighted by atomic mass is 10.2. The molecule has 0 aliphatic carbocycles. The molecule has 1 rings (SSSR count). The van der Waals surface area contributed by atoms with Crippen molar-refractivity contribution in [3.63, 3.8) is 0 Å². The summed E-state index contributed by atoms with van der Waals surface area (Å²) in [5.41, 5.74) is 6.25. The first-order valence-electron chi connectivity index (χ1n) is 3.08. The van der Waals surface area contributed by atoms with Crippen LogP contribution in [0.4, 0.5) is 0 Å². The second-order valence-corrected chi connectivity index (χ2v) is 1.96. The highest BCUT2D eigenvalue weighted by molar-refractivity contribution is 5.93. The summed E-state index contributed by atoms with van der Waals surface area (Å²) in [5.74, 6) is -0.425. The van der Waals surface area contributed by atoms with E-state index in [9.17, 15) is 4.79 Å². The van der Waals surface area contributed by atoms with Crippen molar-refractivity contribution >= 4 is 5.91 Å². The molecule has 1 heterocycles. The molecule has 0 spiro atoms. The number of hydrogen-bond acceptors (Lipinski definition) is 2. The van der Waals surface area contributed by atoms with Gasteiger partial charge in [0.2, 0.25) is 0 Å². The van der Waals surface area contributed by atoms with Crippen molar-refractivity contribution < 1.29 is 4.79 Å². The van der Waals surface area contributed by atoms with E-state index in [0.29, 0.717) is 5.56 Å². The number of hydrogen-bond donors (Lipinski definition) is 2. The largest absolute Gasteiger partial charge is 0.365 e. The summed E-state index contributed by atoms with van der Waals surface area (Å²) < 4.78 is 0. The van der Waals surface area contributed by atoms with E-state index in [1.54, 1.807) is 0 Å². The normalized spacial score (nSPS) is 9.70. The molecule has 0 unspecified atom stereocenters. The Bertz CT molecular complexity index is 241. The van der Waals surface area contributed by atoms with Crippen molar-refractivity contribution in [3.8, 4) is 0 Å². The number of amides is 1. The number of rotatable bonds is 2. The molecule has 10 heavy (non-hydrogen) atoms. The highest BCUT2D eigenvalue weighted by Crippen LogP contribution is 2.02. The Balaban J connectivity index is 3.01. The second-order valence-electron chi connectivity index (χ2n) is 1.96. The molecular weight excluding hydrogens is 130 g/mol. The van der Waals surface area contributed by atoms with Crippen LogP contribution in [0.15, 0.2) is 6.20 Å². The molecule has 0 saturated carbocycles. The molecular formula is C6H9N3O. The van der Waals surface area contributed by atoms with Gasteiger partial charge >= 0.3 is 0 Å². The van der Waals surface area contributed by atoms with Gasteiger partial charge in [0.25, 0.3) is 5.91 Å². The van der Waals surface area contributed by atoms with Gasteiger partial charge < -0.3 is 5.73 Å². The first-order chi connectivity index (χ1) is 4.75. The van der Waals surface area contributed by atoms with Gasteiger partial charge in [0.1, 0.15) is 0 Å². The van der Waals surface area contributed by atoms with Crippen LogP contribution in [0.25, 0.3) is 0 Å². The van der Waals surface area contributed by atoms with Crippen molar-refractivity contribution in [2.45, 2.75) is 13.3 Å². The van der Waals surface area contributed by atoms with Gasteiger partial charge in [0.05, 0.1) is 11.3 Å². The lowest BCUT2D eigenvalue weighted by Crippen LogP contribution is -2.11. The van der Waals surface area contributed by atoms with Gasteiger partial charge in [-0.25, -0.2) is 0 Å². The van der Waals surface area contributed by atoms with Crippen molar-refractivity contribution in [2.24, 2.45) is 5.73 Å². The third-order valence-corrected chi connectivity index (χ3v) is 1.32. The van der Waals surface area contributed by atoms with Crippen molar-refractivity contribution in [1.29, 1.82) is 0 Å². The first-order valence-corrected chi connectivity index (χ1v) is 3.08. The van der Waals surface area contributed by atoms with E-state index >= 15 is 0 Å². The first kappa shape index (κ1) is 6.80. The summed E-state index contributed by atoms with van der Waals surface area (Å²) in [6, 6.07) is 0. The smallest absolute Gasteiger partial charge is 0.252 e. The van der Waals surface area contributed by atoms with Crippen LogP contribution in [0.2, 0.25) is 0 Å². The summed E-state index contributed by atoms with van der Waals surface area (Å²) in [4.78, 5) is 10.6. The average molecular weight is 139 g/mol. The van der Waals surface area contributed by atoms with Crippen LogP contribution in [-0.4, -0.2) is 16.1 Å². The maximum absolute atomic E-state index is 10.6. The molecule has 4 heteroatoms. The minimum absolute atomic E-state index is 0.425. The standard InChI is InChI=1S/C6H9N3O/c1-2-5-4(6(7)10)3-8-9-5/h3H,2H2,1H3,(H2,7,10)(H,8,9). The summed E-state index contributed by atoms with van der Waals surface area (Å²) in [5, 5.41) is 6.41. The average Bonchev–Trinajstić information content (AvgIpc) is 2.33. The maximum atomic E-state index is 10.6. The predicted octanol–water partition coefficient (Wildman–Crippen LogP) is 0.0710. The van der Waals surface area contributed by atoms with E-state index in [-0.39, 0.29) is 0 Å². The fourth-order valence-electron chi connectivity index (χ4n) is 0.801. The van der Waals surface area contributed by atoms with Crippen LogP contribution < -0.4 is 5.73 Å². The molecule has 1 amide bonds. The molecule has 0 atom stereocenters. The number of carbonyl (C=O) groups is 1. The van der Waals surface area contributed by atoms with E-state index in [2.05, 4.69) is 10.2 Å². The number of H-pyrrole nitrogens is 1. The number of nitrogens with zero attached hydrogens (tertiary/aromatic N) is 1. The molecule has 1 aromatic heterocycles. The van der Waals surface area contributed by atoms with E-state index in [0.717, 1.165) is 12.1 Å². The van der Waals surface area contributed by atoms with E-state index in [1.165, 1.54) is 6.20 Å². The number of nitrogens with two attached hydrogens (primary N) is 1. The molecule has 0 fully saturated rings. The van der Waals surface area contributed by atoms with E-state index in [1.807, 2.05) is 6.92 Å². The van der Waals surface area contributed by atoms with Gasteiger partial charge in [0.15, 0.2) is 0 Å². The minimum atomic E-state index is -0.425. The number of aromatic amines is 1. The van der Waals surface area contributed by atoms with Gasteiger partial charge in [-0.3, -0.25) is 9.89 Å². The van der Waals surface area contributed by atoms with E-state index < -0.39 is 5.91 Å². The third kappa shape index (κ3) is 1.00. The Morgan fingerprint density at radius 1 is 1.90 bits per heavy atom. The fourth-order valence-corrected chi connectivity index (χ4v) is 0.801. The highest BCUT2D eigenvalue weighted by atomic mass is 16.1. The van der Waals surface area contributed by atoms with E-state index in [4.69, 9.17) is 5.73 Å². The molecule has 3 N–H and O–H groups in total. The monoisotopic (exact) mass is 139 g/mol. The number of carbonyl (C=O) groups excluding carboxylic acids is 1. The fraction of sp³-hybridized carbons (Fsp3) is 0.333. The molecule has 0 aromatic carbocycles. The van der Waals surface area contributed by atoms with Crippen LogP contribution in [0.5, 0.6) is 0 Å². The zero-order valence-electron chi connectivity index (χ0n) is 5.72. The van der Waals surface area contributed by atoms with Crippen LogP contribution in [0.1, 0.15) is 23.0 Å². The summed E-state index contributed by atoms with van der Waals surface area (Å²) >= 11 is 0. The minimum Gasteiger partial charge on any atom is -0.365 e. The molecule has 0 radical (unpaired) electrons. The molecule has 1 aromatic rings. The molecule has 0 aliphatic heterocycles. The van der Waals surface area contributed by atoms with Gasteiger partial charge in [-0.05, 0) is 6.42 Å². The SMILES string of the molecule is CCc1n[nH]cc1C(N)=O. The highest BCUT2D eigenvalue weighted by Gasteiger charge is 2.07. The Morgan fingerprint density at radius 2 is 2.60 bits per heavy atom. The van der Waals surface area contributed by atoms with Crippen LogP contribution >= 0.6 is 0 Å². The second kappa shape index (κ2) is 2.51. The third-order valence-electron chi connectivity index (χ3n) is 1.32. The quantitative estimate of drug-likeness (QED) is 0.608. The summed E-state index contributed by atoms with van der Waals surface area (Å²) in [6.07, 6.45) is 2.24. The number of aromatic nitrogens is 2. The predicted molar refractivity (Wildman–Crippen MR) is 36.5 cm³/mol. The van der Waals surface area contributed by atoms with Crippen molar-refractivity contribution in [1.82, 2.24) is 10.2 Å². The molecule has 0 aliphatic rings. The number of primary amides is 1. The summed E-state index contributed by atoms with van der Waals surface area (Å²) in [7, 11) is 0. The summed E-state index contributed by atoms with van der Waals surface area (Å²) in [6.45, 7) is 1.92. The lowest BCUT2D eigenvalue weighted by Gasteiger charge is -1.90. The van der Waals surface area contributed by atoms with Gasteiger partial charge in [-0.15, -0.1) is 0 Å². The Morgan fingerprint density at radius 3 is 3.00 bits per heavy atom. The molecule has 0 saturated heterocycles. The van der Waals surface area contributed by atoms with Crippen molar-refractivity contribution in [2.75, 3.05) is 0 Å². The number of aryl methyl sites for hydroxylation is 1. The zero-order valence-corrected chi connectivity index (χ0v) is 5.72. The van der Waals surface area contributed by atoms with Gasteiger partial charge in [0, 0.05) is 6.20 Å². The number of nitrogens with one attached hydrogen (secondary N) is 1. The molecule has 54 valence electrons. The Labute approximate surface area is 58.4 Å². The van der Waals surface area contributed by atoms with Crippen LogP contribution in [0, 0.1) is 0 Å². The Kier molecular flexibility index (Phi) is 1.71. The molecule has 4 nitrogen and oxygen atoms in total. The topological polar surface area (TPSA) is 71.8 Å². The Hall–Kier alpha value is -1.32. The van der Waals surface area contributed by atoms with Gasteiger partial charge in [-0.1, -0.05) is 6.92 Å². The zero-order chi connectivity index (χ0) is 7.56. The van der Waals surface area contributed by atoms with Crippen LogP contribution in [-0.2, 0) is 6.42 Å².